The maximum Gasteiger partial charge on any atom is 0.219 e. The highest BCUT2D eigenvalue weighted by atomic mass is 32.2. The van der Waals surface area contributed by atoms with Crippen molar-refractivity contribution in [3.8, 4) is 11.6 Å². The zero-order valence-corrected chi connectivity index (χ0v) is 18.8. The molecule has 0 saturated heterocycles. The Bertz CT molecular complexity index is 1090. The highest BCUT2D eigenvalue weighted by Gasteiger charge is 2.35. The number of ketones is 2. The van der Waals surface area contributed by atoms with Crippen molar-refractivity contribution in [3.63, 3.8) is 0 Å². The van der Waals surface area contributed by atoms with Gasteiger partial charge in [-0.2, -0.15) is 0 Å². The summed E-state index contributed by atoms with van der Waals surface area (Å²) < 4.78 is 17.3. The molecule has 0 bridgehead atoms. The van der Waals surface area contributed by atoms with Crippen LogP contribution in [0.25, 0.3) is 0 Å². The lowest BCUT2D eigenvalue weighted by Gasteiger charge is -2.22. The number of rotatable bonds is 7. The van der Waals surface area contributed by atoms with Crippen LogP contribution in [0.2, 0.25) is 0 Å². The summed E-state index contributed by atoms with van der Waals surface area (Å²) in [7, 11) is -1.08. The van der Waals surface area contributed by atoms with Gasteiger partial charge in [0.05, 0.1) is 0 Å². The SMILES string of the molecule is CCON=C(C)C(O)=C1C(=O)CC(c2cccc(Oc3ccc(S(C)=O)cc3)n2)CC1=O. The van der Waals surface area contributed by atoms with Crippen LogP contribution in [0.1, 0.15) is 38.3 Å². The van der Waals surface area contributed by atoms with Gasteiger partial charge in [0.2, 0.25) is 5.88 Å². The first-order chi connectivity index (χ1) is 15.3. The van der Waals surface area contributed by atoms with Gasteiger partial charge >= 0.3 is 0 Å². The van der Waals surface area contributed by atoms with E-state index in [0.29, 0.717) is 28.8 Å². The Labute approximate surface area is 188 Å². The van der Waals surface area contributed by atoms with Crippen molar-refractivity contribution in [2.45, 2.75) is 37.5 Å². The van der Waals surface area contributed by atoms with Gasteiger partial charge in [0.15, 0.2) is 17.3 Å². The number of oxime groups is 1. The fraction of sp³-hybridized carbons (Fsp3) is 0.304. The van der Waals surface area contributed by atoms with Crippen molar-refractivity contribution in [1.29, 1.82) is 0 Å². The number of Topliss-reactive ketones (excluding diaryl/α,β-unsaturated/α-hetero) is 2. The summed E-state index contributed by atoms with van der Waals surface area (Å²) in [5.74, 6) is -0.967. The third kappa shape index (κ3) is 5.47. The molecule has 1 aliphatic carbocycles. The van der Waals surface area contributed by atoms with Crippen LogP contribution in [0.15, 0.2) is 63.8 Å². The monoisotopic (exact) mass is 456 g/mol. The standard InChI is InChI=1S/C23H24N2O6S/c1-4-30-25-14(2)23(28)22-19(26)12-15(13-20(22)27)18-6-5-7-21(24-18)31-16-8-10-17(11-9-16)32(3)29/h5-11,15,28H,4,12-13H2,1-3H3. The zero-order valence-electron chi connectivity index (χ0n) is 18.0. The Hall–Kier alpha value is -3.33. The number of aliphatic hydroxyl groups is 1. The molecule has 1 aromatic heterocycles. The van der Waals surface area contributed by atoms with Crippen molar-refractivity contribution >= 4 is 28.1 Å². The van der Waals surface area contributed by atoms with Crippen molar-refractivity contribution in [2.75, 3.05) is 12.9 Å². The highest BCUT2D eigenvalue weighted by Crippen LogP contribution is 2.33. The van der Waals surface area contributed by atoms with Crippen LogP contribution in [0.5, 0.6) is 11.6 Å². The maximum atomic E-state index is 12.7. The Morgan fingerprint density at radius 3 is 2.41 bits per heavy atom. The maximum absolute atomic E-state index is 12.7. The molecule has 1 saturated carbocycles. The molecular weight excluding hydrogens is 432 g/mol. The van der Waals surface area contributed by atoms with E-state index in [1.165, 1.54) is 6.92 Å². The van der Waals surface area contributed by atoms with Gasteiger partial charge in [-0.25, -0.2) is 4.98 Å². The third-order valence-electron chi connectivity index (χ3n) is 4.87. The number of aromatic nitrogens is 1. The van der Waals surface area contributed by atoms with Gasteiger partial charge in [-0.3, -0.25) is 13.8 Å². The summed E-state index contributed by atoms with van der Waals surface area (Å²) in [5.41, 5.74) is 0.380. The zero-order chi connectivity index (χ0) is 23.3. The van der Waals surface area contributed by atoms with E-state index in [9.17, 15) is 18.9 Å². The summed E-state index contributed by atoms with van der Waals surface area (Å²) in [6.07, 6.45) is 1.65. The largest absolute Gasteiger partial charge is 0.505 e. The summed E-state index contributed by atoms with van der Waals surface area (Å²) >= 11 is 0. The lowest BCUT2D eigenvalue weighted by molar-refractivity contribution is -0.124. The first kappa shape index (κ1) is 23.3. The van der Waals surface area contributed by atoms with E-state index >= 15 is 0 Å². The first-order valence-electron chi connectivity index (χ1n) is 10.0. The number of carbonyl (C=O) groups excluding carboxylic acids is 2. The number of pyridine rings is 1. The van der Waals surface area contributed by atoms with E-state index in [4.69, 9.17) is 9.57 Å². The summed E-state index contributed by atoms with van der Waals surface area (Å²) in [5, 5.41) is 14.0. The normalized spacial score (nSPS) is 17.8. The molecule has 1 atom stereocenters. The summed E-state index contributed by atoms with van der Waals surface area (Å²) in [6, 6.07) is 12.0. The molecule has 1 heterocycles. The van der Waals surface area contributed by atoms with E-state index in [0.717, 1.165) is 0 Å². The second kappa shape index (κ2) is 10.3. The smallest absolute Gasteiger partial charge is 0.219 e. The second-order valence-corrected chi connectivity index (χ2v) is 8.58. The van der Waals surface area contributed by atoms with Gasteiger partial charge in [0.1, 0.15) is 23.6 Å². The number of carbonyl (C=O) groups is 2. The Balaban J connectivity index is 1.77. The van der Waals surface area contributed by atoms with Crippen molar-refractivity contribution in [3.05, 3.63) is 59.5 Å². The summed E-state index contributed by atoms with van der Waals surface area (Å²) in [6.45, 7) is 3.50. The number of aliphatic hydroxyl groups excluding tert-OH is 1. The van der Waals surface area contributed by atoms with E-state index < -0.39 is 34.0 Å². The molecule has 0 spiro atoms. The molecule has 168 valence electrons. The number of ether oxygens (including phenoxy) is 1. The molecule has 0 aliphatic heterocycles. The van der Waals surface area contributed by atoms with Gasteiger partial charge in [0.25, 0.3) is 0 Å². The molecule has 2 aromatic rings. The van der Waals surface area contributed by atoms with Gasteiger partial charge < -0.3 is 14.7 Å². The average molecular weight is 457 g/mol. The molecule has 32 heavy (non-hydrogen) atoms. The molecular formula is C23H24N2O6S. The Kier molecular flexibility index (Phi) is 7.53. The molecule has 0 radical (unpaired) electrons. The van der Waals surface area contributed by atoms with Crippen molar-refractivity contribution in [1.82, 2.24) is 4.98 Å². The van der Waals surface area contributed by atoms with Crippen LogP contribution < -0.4 is 4.74 Å². The minimum atomic E-state index is -1.08. The Morgan fingerprint density at radius 1 is 1.16 bits per heavy atom. The van der Waals surface area contributed by atoms with Gasteiger partial charge in [0, 0.05) is 52.5 Å². The predicted molar refractivity (Wildman–Crippen MR) is 119 cm³/mol. The fourth-order valence-electron chi connectivity index (χ4n) is 3.27. The average Bonchev–Trinajstić information content (AvgIpc) is 2.77. The fourth-order valence-corrected chi connectivity index (χ4v) is 3.79. The molecule has 1 fully saturated rings. The quantitative estimate of drug-likeness (QED) is 0.221. The lowest BCUT2D eigenvalue weighted by atomic mass is 9.81. The number of hydrogen-bond donors (Lipinski definition) is 1. The number of benzene rings is 1. The van der Waals surface area contributed by atoms with Gasteiger partial charge in [-0.05, 0) is 44.2 Å². The molecule has 3 rings (SSSR count). The van der Waals surface area contributed by atoms with Gasteiger partial charge in [-0.15, -0.1) is 0 Å². The van der Waals surface area contributed by atoms with Crippen molar-refractivity contribution in [2.24, 2.45) is 5.16 Å². The van der Waals surface area contributed by atoms with Crippen LogP contribution in [0, 0.1) is 0 Å². The van der Waals surface area contributed by atoms with Crippen LogP contribution in [-0.2, 0) is 25.2 Å². The summed E-state index contributed by atoms with van der Waals surface area (Å²) in [4.78, 5) is 35.3. The van der Waals surface area contributed by atoms with Crippen LogP contribution >= 0.6 is 0 Å². The number of hydrogen-bond acceptors (Lipinski definition) is 8. The molecule has 1 N–H and O–H groups in total. The van der Waals surface area contributed by atoms with Crippen LogP contribution in [-0.4, -0.2) is 44.4 Å². The number of allylic oxidation sites excluding steroid dienone is 2. The minimum Gasteiger partial charge on any atom is -0.505 e. The van der Waals surface area contributed by atoms with E-state index in [2.05, 4.69) is 10.1 Å². The van der Waals surface area contributed by atoms with E-state index in [-0.39, 0.29) is 24.1 Å². The predicted octanol–water partition coefficient (Wildman–Crippen LogP) is 3.85. The lowest BCUT2D eigenvalue weighted by Crippen LogP contribution is -2.28. The van der Waals surface area contributed by atoms with E-state index in [1.54, 1.807) is 55.6 Å². The topological polar surface area (TPSA) is 115 Å². The van der Waals surface area contributed by atoms with Crippen LogP contribution in [0.4, 0.5) is 0 Å². The molecule has 1 aliphatic rings. The van der Waals surface area contributed by atoms with E-state index in [1.807, 2.05) is 0 Å². The molecule has 8 nitrogen and oxygen atoms in total. The first-order valence-corrected chi connectivity index (χ1v) is 11.6. The molecule has 0 amide bonds. The van der Waals surface area contributed by atoms with Gasteiger partial charge in [-0.1, -0.05) is 11.2 Å². The molecule has 1 unspecified atom stereocenters. The van der Waals surface area contributed by atoms with Crippen molar-refractivity contribution < 1.29 is 28.5 Å². The Morgan fingerprint density at radius 2 is 1.81 bits per heavy atom. The third-order valence-corrected chi connectivity index (χ3v) is 5.81. The minimum absolute atomic E-state index is 0.0283. The van der Waals surface area contributed by atoms with Crippen LogP contribution in [0.3, 0.4) is 0 Å². The second-order valence-electron chi connectivity index (χ2n) is 7.20. The molecule has 1 aromatic carbocycles. The number of nitrogens with zero attached hydrogens (tertiary/aromatic N) is 2. The molecule has 9 heteroatoms. The highest BCUT2D eigenvalue weighted by molar-refractivity contribution is 7.84.